The van der Waals surface area contributed by atoms with Crippen molar-refractivity contribution < 1.29 is 24.1 Å². The molecule has 0 atom stereocenters. The topological polar surface area (TPSA) is 65.0 Å². The first-order chi connectivity index (χ1) is 8.45. The largest absolute Gasteiger partial charge is 0.492 e. The molecular formula is C13H16O5. The summed E-state index contributed by atoms with van der Waals surface area (Å²) in [5, 5.41) is 8.97. The maximum absolute atomic E-state index is 10.9. The average Bonchev–Trinajstić information content (AvgIpc) is 2.73. The lowest BCUT2D eigenvalue weighted by atomic mass is 9.81. The maximum Gasteiger partial charge on any atom is 0.304 e. The fraction of sp³-hybridized carbons (Fsp3) is 0.462. The number of fused-ring (bicyclic) bond motifs is 1. The third kappa shape index (κ3) is 2.08. The van der Waals surface area contributed by atoms with Crippen molar-refractivity contribution in [3.05, 3.63) is 17.7 Å². The molecule has 1 aromatic carbocycles. The molecule has 98 valence electrons. The van der Waals surface area contributed by atoms with Crippen LogP contribution in [-0.2, 0) is 10.2 Å². The Labute approximate surface area is 105 Å². The molecule has 0 fully saturated rings. The molecule has 0 saturated heterocycles. The second-order valence-corrected chi connectivity index (χ2v) is 4.83. The van der Waals surface area contributed by atoms with Crippen molar-refractivity contribution in [3.63, 3.8) is 0 Å². The summed E-state index contributed by atoms with van der Waals surface area (Å²) < 4.78 is 16.0. The third-order valence-electron chi connectivity index (χ3n) is 3.02. The number of benzene rings is 1. The van der Waals surface area contributed by atoms with Crippen LogP contribution in [0.4, 0.5) is 0 Å². The number of hydrogen-bond donors (Lipinski definition) is 1. The van der Waals surface area contributed by atoms with Crippen molar-refractivity contribution >= 4 is 5.97 Å². The lowest BCUT2D eigenvalue weighted by Gasteiger charge is -2.25. The molecule has 0 aliphatic carbocycles. The van der Waals surface area contributed by atoms with E-state index in [1.54, 1.807) is 6.07 Å². The molecule has 0 aromatic heterocycles. The van der Waals surface area contributed by atoms with Gasteiger partial charge in [0, 0.05) is 11.0 Å². The molecule has 2 rings (SSSR count). The Morgan fingerprint density at radius 1 is 1.44 bits per heavy atom. The van der Waals surface area contributed by atoms with Gasteiger partial charge in [-0.15, -0.1) is 0 Å². The van der Waals surface area contributed by atoms with Gasteiger partial charge in [0.2, 0.25) is 12.5 Å². The first-order valence-corrected chi connectivity index (χ1v) is 5.64. The van der Waals surface area contributed by atoms with Gasteiger partial charge in [-0.05, 0) is 6.07 Å². The zero-order valence-corrected chi connectivity index (χ0v) is 10.6. The molecule has 5 nitrogen and oxygen atoms in total. The molecule has 1 aromatic rings. The first kappa shape index (κ1) is 12.5. The fourth-order valence-electron chi connectivity index (χ4n) is 2.16. The van der Waals surface area contributed by atoms with Gasteiger partial charge in [0.25, 0.3) is 0 Å². The number of hydrogen-bond acceptors (Lipinski definition) is 4. The van der Waals surface area contributed by atoms with E-state index < -0.39 is 11.4 Å². The van der Waals surface area contributed by atoms with E-state index in [2.05, 4.69) is 0 Å². The zero-order chi connectivity index (χ0) is 13.3. The summed E-state index contributed by atoms with van der Waals surface area (Å²) in [6.07, 6.45) is 0.0169. The molecule has 0 saturated carbocycles. The van der Waals surface area contributed by atoms with Crippen LogP contribution in [-0.4, -0.2) is 25.0 Å². The van der Waals surface area contributed by atoms with Gasteiger partial charge in [-0.25, -0.2) is 0 Å². The van der Waals surface area contributed by atoms with E-state index in [9.17, 15) is 4.79 Å². The smallest absolute Gasteiger partial charge is 0.304 e. The monoisotopic (exact) mass is 252 g/mol. The van der Waals surface area contributed by atoms with Gasteiger partial charge < -0.3 is 19.3 Å². The van der Waals surface area contributed by atoms with Crippen LogP contribution in [0.3, 0.4) is 0 Å². The lowest BCUT2D eigenvalue weighted by Crippen LogP contribution is -2.22. The molecule has 1 aliphatic heterocycles. The molecule has 1 N–H and O–H groups in total. The quantitative estimate of drug-likeness (QED) is 0.889. The molecule has 0 bridgehead atoms. The van der Waals surface area contributed by atoms with Crippen LogP contribution in [0.1, 0.15) is 25.8 Å². The molecule has 0 amide bonds. The molecular weight excluding hydrogens is 236 g/mol. The van der Waals surface area contributed by atoms with Crippen molar-refractivity contribution in [2.24, 2.45) is 0 Å². The molecule has 18 heavy (non-hydrogen) atoms. The molecule has 1 aliphatic rings. The summed E-state index contributed by atoms with van der Waals surface area (Å²) in [5.41, 5.74) is 0.259. The molecule has 5 heteroatoms. The average molecular weight is 252 g/mol. The highest BCUT2D eigenvalue weighted by molar-refractivity contribution is 5.70. The van der Waals surface area contributed by atoms with E-state index in [4.69, 9.17) is 19.3 Å². The molecule has 0 spiro atoms. The Morgan fingerprint density at radius 2 is 2.17 bits per heavy atom. The van der Waals surface area contributed by atoms with Crippen LogP contribution in [0.15, 0.2) is 12.1 Å². The number of ether oxygens (including phenoxy) is 3. The van der Waals surface area contributed by atoms with Crippen LogP contribution >= 0.6 is 0 Å². The summed E-state index contributed by atoms with van der Waals surface area (Å²) in [6.45, 7) is 3.89. The minimum Gasteiger partial charge on any atom is -0.492 e. The van der Waals surface area contributed by atoms with E-state index in [0.717, 1.165) is 5.56 Å². The predicted molar refractivity (Wildman–Crippen MR) is 64.4 cm³/mol. The fourth-order valence-corrected chi connectivity index (χ4v) is 2.16. The number of aliphatic carboxylic acids is 1. The van der Waals surface area contributed by atoms with Crippen LogP contribution in [0.25, 0.3) is 0 Å². The van der Waals surface area contributed by atoms with Crippen molar-refractivity contribution in [2.75, 3.05) is 13.9 Å². The molecule has 1 heterocycles. The summed E-state index contributed by atoms with van der Waals surface area (Å²) in [5.74, 6) is 0.881. The van der Waals surface area contributed by atoms with E-state index in [0.29, 0.717) is 17.2 Å². The number of carboxylic acids is 1. The van der Waals surface area contributed by atoms with Crippen LogP contribution in [0.5, 0.6) is 17.2 Å². The van der Waals surface area contributed by atoms with Gasteiger partial charge in [-0.2, -0.15) is 0 Å². The highest BCUT2D eigenvalue weighted by Gasteiger charge is 2.32. The Balaban J connectivity index is 2.48. The van der Waals surface area contributed by atoms with Crippen molar-refractivity contribution in [1.82, 2.24) is 0 Å². The van der Waals surface area contributed by atoms with Gasteiger partial charge in [-0.3, -0.25) is 4.79 Å². The Morgan fingerprint density at radius 3 is 2.78 bits per heavy atom. The van der Waals surface area contributed by atoms with Gasteiger partial charge in [0.1, 0.15) is 0 Å². The number of carboxylic acid groups (broad SMARTS) is 1. The molecule has 0 unspecified atom stereocenters. The normalized spacial score (nSPS) is 13.5. The summed E-state index contributed by atoms with van der Waals surface area (Å²) in [6, 6.07) is 3.61. The Bertz CT molecular complexity index is 479. The second kappa shape index (κ2) is 4.40. The standard InChI is InChI=1S/C13H16O5/c1-13(2,6-10(14)15)8-4-5-9-12(11(8)16-3)18-7-17-9/h4-5H,6-7H2,1-3H3,(H,14,15). The third-order valence-corrected chi connectivity index (χ3v) is 3.02. The second-order valence-electron chi connectivity index (χ2n) is 4.83. The summed E-state index contributed by atoms with van der Waals surface area (Å²) in [4.78, 5) is 10.9. The van der Waals surface area contributed by atoms with Gasteiger partial charge in [0.05, 0.1) is 13.5 Å². The van der Waals surface area contributed by atoms with E-state index >= 15 is 0 Å². The lowest BCUT2D eigenvalue weighted by molar-refractivity contribution is -0.138. The van der Waals surface area contributed by atoms with Crippen molar-refractivity contribution in [2.45, 2.75) is 25.7 Å². The van der Waals surface area contributed by atoms with Gasteiger partial charge >= 0.3 is 5.97 Å². The van der Waals surface area contributed by atoms with Gasteiger partial charge in [-0.1, -0.05) is 19.9 Å². The van der Waals surface area contributed by atoms with E-state index in [1.165, 1.54) is 7.11 Å². The Hall–Kier alpha value is -1.91. The number of rotatable bonds is 4. The zero-order valence-electron chi connectivity index (χ0n) is 10.6. The van der Waals surface area contributed by atoms with Crippen molar-refractivity contribution in [3.8, 4) is 17.2 Å². The number of carbonyl (C=O) groups is 1. The number of methoxy groups -OCH3 is 1. The highest BCUT2D eigenvalue weighted by Crippen LogP contribution is 2.47. The van der Waals surface area contributed by atoms with Gasteiger partial charge in [0.15, 0.2) is 11.5 Å². The van der Waals surface area contributed by atoms with Crippen molar-refractivity contribution in [1.29, 1.82) is 0 Å². The van der Waals surface area contributed by atoms with Crippen LogP contribution < -0.4 is 14.2 Å². The predicted octanol–water partition coefficient (Wildman–Crippen LogP) is 2.18. The SMILES string of the molecule is COc1c(C(C)(C)CC(=O)O)ccc2c1OCO2. The minimum atomic E-state index is -0.847. The summed E-state index contributed by atoms with van der Waals surface area (Å²) in [7, 11) is 1.54. The first-order valence-electron chi connectivity index (χ1n) is 5.64. The van der Waals surface area contributed by atoms with Crippen LogP contribution in [0, 0.1) is 0 Å². The maximum atomic E-state index is 10.9. The molecule has 0 radical (unpaired) electrons. The van der Waals surface area contributed by atoms with Crippen LogP contribution in [0.2, 0.25) is 0 Å². The summed E-state index contributed by atoms with van der Waals surface area (Å²) >= 11 is 0. The Kier molecular flexibility index (Phi) is 3.07. The minimum absolute atomic E-state index is 0.0169. The van der Waals surface area contributed by atoms with E-state index in [1.807, 2.05) is 19.9 Å². The highest BCUT2D eigenvalue weighted by atomic mass is 16.7. The van der Waals surface area contributed by atoms with E-state index in [-0.39, 0.29) is 13.2 Å².